The highest BCUT2D eigenvalue weighted by molar-refractivity contribution is 7.10. The van der Waals surface area contributed by atoms with E-state index in [0.29, 0.717) is 5.54 Å². The van der Waals surface area contributed by atoms with Crippen LogP contribution in [0.3, 0.4) is 0 Å². The van der Waals surface area contributed by atoms with E-state index in [1.165, 1.54) is 25.8 Å². The summed E-state index contributed by atoms with van der Waals surface area (Å²) in [6, 6.07) is 2.33. The van der Waals surface area contributed by atoms with E-state index in [-0.39, 0.29) is 0 Å². The topological polar surface area (TPSA) is 12.0 Å². The third-order valence-electron chi connectivity index (χ3n) is 3.47. The Labute approximate surface area is 83.2 Å². The lowest BCUT2D eigenvalue weighted by molar-refractivity contribution is 0.108. The predicted octanol–water partition coefficient (Wildman–Crippen LogP) is 2.52. The van der Waals surface area contributed by atoms with Crippen LogP contribution in [0.5, 0.6) is 0 Å². The number of thiophene rings is 1. The molecule has 0 unspecified atom stereocenters. The Bertz CT molecular complexity index is 323. The first kappa shape index (κ1) is 8.01. The van der Waals surface area contributed by atoms with Gasteiger partial charge in [0.25, 0.3) is 0 Å². The summed E-state index contributed by atoms with van der Waals surface area (Å²) < 4.78 is 0. The average molecular weight is 193 g/mol. The molecule has 13 heavy (non-hydrogen) atoms. The van der Waals surface area contributed by atoms with E-state index in [4.69, 9.17) is 0 Å². The van der Waals surface area contributed by atoms with Crippen molar-refractivity contribution in [2.45, 2.75) is 31.7 Å². The zero-order valence-corrected chi connectivity index (χ0v) is 8.79. The largest absolute Gasteiger partial charge is 0.307 e. The van der Waals surface area contributed by atoms with Crippen molar-refractivity contribution in [3.8, 4) is 0 Å². The molecule has 3 rings (SSSR count). The van der Waals surface area contributed by atoms with Gasteiger partial charge in [-0.3, -0.25) is 0 Å². The van der Waals surface area contributed by atoms with Gasteiger partial charge in [0.1, 0.15) is 0 Å². The third-order valence-corrected chi connectivity index (χ3v) is 4.45. The minimum atomic E-state index is 0.396. The van der Waals surface area contributed by atoms with Gasteiger partial charge in [-0.05, 0) is 42.2 Å². The van der Waals surface area contributed by atoms with Crippen LogP contribution < -0.4 is 5.32 Å². The quantitative estimate of drug-likeness (QED) is 0.667. The summed E-state index contributed by atoms with van der Waals surface area (Å²) in [5.74, 6) is 0.915. The van der Waals surface area contributed by atoms with Crippen LogP contribution in [0.2, 0.25) is 0 Å². The highest BCUT2D eigenvalue weighted by Crippen LogP contribution is 2.49. The van der Waals surface area contributed by atoms with Crippen molar-refractivity contribution >= 4 is 11.3 Å². The summed E-state index contributed by atoms with van der Waals surface area (Å²) in [5, 5.41) is 5.96. The van der Waals surface area contributed by atoms with Gasteiger partial charge in [-0.15, -0.1) is 11.3 Å². The summed E-state index contributed by atoms with van der Waals surface area (Å²) in [6.07, 6.45) is 3.93. The summed E-state index contributed by atoms with van der Waals surface area (Å²) in [5.41, 5.74) is 2.01. The van der Waals surface area contributed by atoms with Crippen LogP contribution in [0.4, 0.5) is 0 Å². The predicted molar refractivity (Wildman–Crippen MR) is 56.1 cm³/mol. The number of hydrogen-bond donors (Lipinski definition) is 1. The Kier molecular flexibility index (Phi) is 1.59. The fraction of sp³-hybridized carbons (Fsp3) is 0.636. The molecule has 1 fully saturated rings. The van der Waals surface area contributed by atoms with Gasteiger partial charge in [0, 0.05) is 17.0 Å². The van der Waals surface area contributed by atoms with Gasteiger partial charge in [0.2, 0.25) is 0 Å². The maximum Gasteiger partial charge on any atom is 0.0450 e. The molecule has 0 radical (unpaired) electrons. The molecule has 70 valence electrons. The molecule has 2 aliphatic rings. The SMILES string of the molecule is CC1CC2(C1)NCCc1sccc12. The zero-order valence-electron chi connectivity index (χ0n) is 7.97. The Morgan fingerprint density at radius 2 is 2.38 bits per heavy atom. The average Bonchev–Trinajstić information content (AvgIpc) is 2.50. The second-order valence-electron chi connectivity index (χ2n) is 4.53. The number of fused-ring (bicyclic) bond motifs is 2. The molecule has 0 atom stereocenters. The van der Waals surface area contributed by atoms with E-state index in [0.717, 1.165) is 5.92 Å². The van der Waals surface area contributed by atoms with Crippen molar-refractivity contribution in [2.24, 2.45) is 5.92 Å². The molecular formula is C11H15NS. The molecule has 0 bridgehead atoms. The van der Waals surface area contributed by atoms with Gasteiger partial charge in [-0.2, -0.15) is 0 Å². The van der Waals surface area contributed by atoms with Gasteiger partial charge in [0.15, 0.2) is 0 Å². The van der Waals surface area contributed by atoms with Gasteiger partial charge < -0.3 is 5.32 Å². The van der Waals surface area contributed by atoms with Crippen LogP contribution in [0.25, 0.3) is 0 Å². The summed E-state index contributed by atoms with van der Waals surface area (Å²) >= 11 is 1.94. The Hall–Kier alpha value is -0.340. The lowest BCUT2D eigenvalue weighted by atomic mass is 9.64. The molecule has 1 aromatic rings. The first-order valence-corrected chi connectivity index (χ1v) is 6.00. The Morgan fingerprint density at radius 3 is 3.15 bits per heavy atom. The van der Waals surface area contributed by atoms with Crippen molar-refractivity contribution < 1.29 is 0 Å². The van der Waals surface area contributed by atoms with E-state index in [2.05, 4.69) is 23.7 Å². The molecule has 2 heterocycles. The van der Waals surface area contributed by atoms with E-state index < -0.39 is 0 Å². The Morgan fingerprint density at radius 1 is 1.54 bits per heavy atom. The maximum absolute atomic E-state index is 3.71. The fourth-order valence-corrected chi connectivity index (χ4v) is 3.94. The molecular weight excluding hydrogens is 178 g/mol. The lowest BCUT2D eigenvalue weighted by Crippen LogP contribution is -2.54. The first-order chi connectivity index (χ1) is 6.30. The van der Waals surface area contributed by atoms with Gasteiger partial charge in [0.05, 0.1) is 0 Å². The molecule has 1 N–H and O–H groups in total. The molecule has 0 aromatic carbocycles. The van der Waals surface area contributed by atoms with Crippen molar-refractivity contribution in [3.05, 3.63) is 21.9 Å². The maximum atomic E-state index is 3.71. The molecule has 2 heteroatoms. The minimum Gasteiger partial charge on any atom is -0.307 e. The second kappa shape index (κ2) is 2.58. The number of hydrogen-bond acceptors (Lipinski definition) is 2. The van der Waals surface area contributed by atoms with Gasteiger partial charge in [-0.1, -0.05) is 6.92 Å². The van der Waals surface area contributed by atoms with Gasteiger partial charge in [-0.25, -0.2) is 0 Å². The minimum absolute atomic E-state index is 0.396. The molecule has 1 spiro atoms. The van der Waals surface area contributed by atoms with Crippen LogP contribution in [-0.2, 0) is 12.0 Å². The normalized spacial score (nSPS) is 37.2. The van der Waals surface area contributed by atoms with E-state index >= 15 is 0 Å². The summed E-state index contributed by atoms with van der Waals surface area (Å²) in [4.78, 5) is 1.63. The number of rotatable bonds is 0. The molecule has 0 amide bonds. The van der Waals surface area contributed by atoms with Crippen molar-refractivity contribution in [1.82, 2.24) is 5.32 Å². The van der Waals surface area contributed by atoms with E-state index in [9.17, 15) is 0 Å². The molecule has 1 aliphatic carbocycles. The van der Waals surface area contributed by atoms with Crippen LogP contribution in [0.1, 0.15) is 30.2 Å². The standard InChI is InChI=1S/C11H15NS/c1-8-6-11(7-8)9-3-5-13-10(9)2-4-12-11/h3,5,8,12H,2,4,6-7H2,1H3. The van der Waals surface area contributed by atoms with E-state index in [1.54, 1.807) is 10.4 Å². The summed E-state index contributed by atoms with van der Waals surface area (Å²) in [7, 11) is 0. The van der Waals surface area contributed by atoms with Crippen LogP contribution in [0.15, 0.2) is 11.4 Å². The van der Waals surface area contributed by atoms with Crippen LogP contribution in [-0.4, -0.2) is 6.54 Å². The fourth-order valence-electron chi connectivity index (χ4n) is 2.97. The zero-order chi connectivity index (χ0) is 8.89. The molecule has 0 saturated heterocycles. The van der Waals surface area contributed by atoms with Gasteiger partial charge >= 0.3 is 0 Å². The molecule has 1 nitrogen and oxygen atoms in total. The smallest absolute Gasteiger partial charge is 0.0450 e. The molecule has 1 aliphatic heterocycles. The number of nitrogens with one attached hydrogen (secondary N) is 1. The second-order valence-corrected chi connectivity index (χ2v) is 5.53. The first-order valence-electron chi connectivity index (χ1n) is 5.12. The molecule has 1 saturated carbocycles. The third kappa shape index (κ3) is 1.02. The monoisotopic (exact) mass is 193 g/mol. The van der Waals surface area contributed by atoms with Crippen molar-refractivity contribution in [2.75, 3.05) is 6.54 Å². The van der Waals surface area contributed by atoms with Crippen molar-refractivity contribution in [3.63, 3.8) is 0 Å². The molecule has 1 aromatic heterocycles. The highest BCUT2D eigenvalue weighted by atomic mass is 32.1. The lowest BCUT2D eigenvalue weighted by Gasteiger charge is -2.50. The van der Waals surface area contributed by atoms with Crippen LogP contribution in [0, 0.1) is 5.92 Å². The van der Waals surface area contributed by atoms with Crippen molar-refractivity contribution in [1.29, 1.82) is 0 Å². The summed E-state index contributed by atoms with van der Waals surface area (Å²) in [6.45, 7) is 3.54. The van der Waals surface area contributed by atoms with Crippen LogP contribution >= 0.6 is 11.3 Å². The Balaban J connectivity index is 2.01. The highest BCUT2D eigenvalue weighted by Gasteiger charge is 2.45. The van der Waals surface area contributed by atoms with E-state index in [1.807, 2.05) is 11.3 Å².